The van der Waals surface area contributed by atoms with Crippen molar-refractivity contribution >= 4 is 23.5 Å². The Hall–Kier alpha value is -2.33. The van der Waals surface area contributed by atoms with Crippen molar-refractivity contribution in [3.63, 3.8) is 0 Å². The third kappa shape index (κ3) is 4.85. The van der Waals surface area contributed by atoms with Gasteiger partial charge >= 0.3 is 5.97 Å². The summed E-state index contributed by atoms with van der Waals surface area (Å²) >= 11 is 6.42. The van der Waals surface area contributed by atoms with E-state index in [1.807, 2.05) is 49.4 Å². The topological polar surface area (TPSA) is 46.6 Å². The number of esters is 1. The minimum absolute atomic E-state index is 0.163. The minimum Gasteiger partial charge on any atom is -0.462 e. The Morgan fingerprint density at radius 3 is 2.42 bits per heavy atom. The lowest BCUT2D eigenvalue weighted by Gasteiger charge is -2.28. The molecule has 0 bridgehead atoms. The Balaban J connectivity index is 2.57. The average Bonchev–Trinajstić information content (AvgIpc) is 2.62. The van der Waals surface area contributed by atoms with Crippen LogP contribution in [0.3, 0.4) is 0 Å². The van der Waals surface area contributed by atoms with Gasteiger partial charge in [0.15, 0.2) is 0 Å². The number of allylic oxidation sites excluding steroid dienone is 4. The smallest absolute Gasteiger partial charge is 0.339 e. The van der Waals surface area contributed by atoms with Crippen LogP contribution in [0.5, 0.6) is 0 Å². The molecule has 0 unspecified atom stereocenters. The van der Waals surface area contributed by atoms with Gasteiger partial charge in [-0.2, -0.15) is 0 Å². The summed E-state index contributed by atoms with van der Waals surface area (Å²) < 4.78 is 5.23. The van der Waals surface area contributed by atoms with Crippen LogP contribution in [0.15, 0.2) is 64.4 Å². The van der Waals surface area contributed by atoms with Crippen molar-refractivity contribution in [1.29, 1.82) is 0 Å². The highest BCUT2D eigenvalue weighted by atomic mass is 35.5. The largest absolute Gasteiger partial charge is 0.462 e. The zero-order valence-corrected chi connectivity index (χ0v) is 16.2. The summed E-state index contributed by atoms with van der Waals surface area (Å²) in [6, 6.07) is 9.65. The van der Waals surface area contributed by atoms with Crippen LogP contribution in [0.4, 0.5) is 0 Å². The van der Waals surface area contributed by atoms with Gasteiger partial charge in [-0.1, -0.05) is 54.1 Å². The highest BCUT2D eigenvalue weighted by molar-refractivity contribution is 6.32. The fourth-order valence-corrected chi connectivity index (χ4v) is 3.05. The molecule has 0 radical (unpaired) electrons. The fourth-order valence-electron chi connectivity index (χ4n) is 2.85. The zero-order valence-electron chi connectivity index (χ0n) is 15.4. The number of hydrogen-bond donors (Lipinski definition) is 0. The van der Waals surface area contributed by atoms with Gasteiger partial charge in [-0.15, -0.1) is 0 Å². The van der Waals surface area contributed by atoms with Crippen molar-refractivity contribution in [3.8, 4) is 0 Å². The Kier molecular flexibility index (Phi) is 7.22. The number of halogens is 1. The predicted octanol–water partition coefficient (Wildman–Crippen LogP) is 4.72. The van der Waals surface area contributed by atoms with E-state index in [0.29, 0.717) is 34.8 Å². The normalized spacial score (nSPS) is 21.5. The van der Waals surface area contributed by atoms with Gasteiger partial charge < -0.3 is 9.64 Å². The summed E-state index contributed by atoms with van der Waals surface area (Å²) in [6.07, 6.45) is 5.12. The summed E-state index contributed by atoms with van der Waals surface area (Å²) in [5.41, 5.74) is 2.56. The van der Waals surface area contributed by atoms with E-state index >= 15 is 0 Å². The molecule has 0 N–H and O–H groups in total. The molecule has 0 saturated heterocycles. The highest BCUT2D eigenvalue weighted by Crippen LogP contribution is 2.31. The van der Waals surface area contributed by atoms with E-state index in [2.05, 4.69) is 0 Å². The van der Waals surface area contributed by atoms with Crippen LogP contribution < -0.4 is 0 Å². The van der Waals surface area contributed by atoms with Crippen molar-refractivity contribution in [2.24, 2.45) is 0 Å². The van der Waals surface area contributed by atoms with Crippen molar-refractivity contribution in [2.75, 3.05) is 6.61 Å². The molecule has 0 fully saturated rings. The monoisotopic (exact) mass is 373 g/mol. The molecule has 5 heteroatoms. The second-order valence-corrected chi connectivity index (χ2v) is 6.44. The van der Waals surface area contributed by atoms with Crippen molar-refractivity contribution < 1.29 is 14.3 Å². The fraction of sp³-hybridized carbons (Fsp3) is 0.333. The van der Waals surface area contributed by atoms with E-state index in [9.17, 15) is 9.59 Å². The molecule has 2 rings (SSSR count). The van der Waals surface area contributed by atoms with Gasteiger partial charge in [0.05, 0.1) is 24.4 Å². The van der Waals surface area contributed by atoms with Crippen LogP contribution in [0, 0.1) is 0 Å². The molecule has 1 amide bonds. The minimum atomic E-state index is -0.437. The van der Waals surface area contributed by atoms with Gasteiger partial charge in [0, 0.05) is 12.0 Å². The average molecular weight is 374 g/mol. The van der Waals surface area contributed by atoms with Crippen LogP contribution in [0.25, 0.3) is 0 Å². The maximum Gasteiger partial charge on any atom is 0.339 e. The van der Waals surface area contributed by atoms with Crippen LogP contribution in [-0.4, -0.2) is 23.4 Å². The standard InChI is InChI=1S/C21H24ClNO3/c1-4-26-21(25)18-12-8-9-13-19(22)15(2)20(18)23(16(3)24)14-17-10-6-5-7-11-17/h5-7,10-13H,4,8-9,14H2,1-3H3/b18-12+,19-13-,20-15+. The van der Waals surface area contributed by atoms with E-state index in [4.69, 9.17) is 16.3 Å². The number of hydrogen-bond acceptors (Lipinski definition) is 3. The van der Waals surface area contributed by atoms with Gasteiger partial charge in [0.1, 0.15) is 0 Å². The van der Waals surface area contributed by atoms with E-state index in [1.54, 1.807) is 11.8 Å². The Morgan fingerprint density at radius 1 is 1.15 bits per heavy atom. The van der Waals surface area contributed by atoms with Crippen LogP contribution in [0.2, 0.25) is 0 Å². The molecule has 1 aromatic rings. The second kappa shape index (κ2) is 9.39. The third-order valence-corrected chi connectivity index (χ3v) is 4.57. The summed E-state index contributed by atoms with van der Waals surface area (Å²) in [7, 11) is 0. The van der Waals surface area contributed by atoms with Crippen molar-refractivity contribution in [2.45, 2.75) is 40.2 Å². The van der Waals surface area contributed by atoms with E-state index in [0.717, 1.165) is 12.0 Å². The van der Waals surface area contributed by atoms with Gasteiger partial charge in [-0.05, 0) is 37.8 Å². The highest BCUT2D eigenvalue weighted by Gasteiger charge is 2.27. The quantitative estimate of drug-likeness (QED) is 0.702. The van der Waals surface area contributed by atoms with Crippen molar-refractivity contribution in [3.05, 3.63) is 69.9 Å². The predicted molar refractivity (Wildman–Crippen MR) is 103 cm³/mol. The second-order valence-electron chi connectivity index (χ2n) is 6.03. The van der Waals surface area contributed by atoms with E-state index in [1.165, 1.54) is 6.92 Å². The number of carbonyl (C=O) groups excluding carboxylic acids is 2. The maximum absolute atomic E-state index is 12.6. The Morgan fingerprint density at radius 2 is 1.81 bits per heavy atom. The number of rotatable bonds is 5. The number of carbonyl (C=O) groups is 2. The van der Waals surface area contributed by atoms with Crippen molar-refractivity contribution in [1.82, 2.24) is 4.90 Å². The first-order valence-corrected chi connectivity index (χ1v) is 9.10. The third-order valence-electron chi connectivity index (χ3n) is 4.14. The molecule has 26 heavy (non-hydrogen) atoms. The van der Waals surface area contributed by atoms with Gasteiger partial charge in [0.25, 0.3) is 0 Å². The lowest BCUT2D eigenvalue weighted by Crippen LogP contribution is -2.32. The molecule has 138 valence electrons. The Bertz CT molecular complexity index is 763. The van der Waals surface area contributed by atoms with Gasteiger partial charge in [0.2, 0.25) is 5.91 Å². The molecule has 0 saturated carbocycles. The first kappa shape index (κ1) is 20.0. The molecule has 0 spiro atoms. The van der Waals surface area contributed by atoms with Crippen LogP contribution >= 0.6 is 11.6 Å². The molecule has 0 atom stereocenters. The summed E-state index contributed by atoms with van der Waals surface area (Å²) in [5, 5.41) is 0.550. The van der Waals surface area contributed by atoms with E-state index < -0.39 is 5.97 Å². The molecular formula is C21H24ClNO3. The molecular weight excluding hydrogens is 350 g/mol. The van der Waals surface area contributed by atoms with Gasteiger partial charge in [-0.25, -0.2) is 4.79 Å². The molecule has 1 aliphatic carbocycles. The molecule has 0 heterocycles. The first-order valence-electron chi connectivity index (χ1n) is 8.72. The molecule has 0 aliphatic heterocycles. The van der Waals surface area contributed by atoms with Gasteiger partial charge in [-0.3, -0.25) is 4.79 Å². The lowest BCUT2D eigenvalue weighted by atomic mass is 10.00. The number of benzene rings is 1. The summed E-state index contributed by atoms with van der Waals surface area (Å²) in [5.74, 6) is -0.601. The molecule has 4 nitrogen and oxygen atoms in total. The summed E-state index contributed by atoms with van der Waals surface area (Å²) in [4.78, 5) is 26.6. The number of amides is 1. The van der Waals surface area contributed by atoms with Crippen LogP contribution in [0.1, 0.15) is 39.2 Å². The first-order chi connectivity index (χ1) is 12.5. The Labute approximate surface area is 159 Å². The SMILES string of the molecule is CCOC(=O)C1=C/CC/C=C(Cl)/C(C)=C\1N(Cc1ccccc1)C(C)=O. The molecule has 0 aromatic heterocycles. The summed E-state index contributed by atoms with van der Waals surface area (Å²) in [6.45, 7) is 5.70. The number of nitrogens with zero attached hydrogens (tertiary/aromatic N) is 1. The lowest BCUT2D eigenvalue weighted by molar-refractivity contribution is -0.138. The molecule has 1 aromatic carbocycles. The van der Waals surface area contributed by atoms with Crippen LogP contribution in [-0.2, 0) is 20.9 Å². The van der Waals surface area contributed by atoms with E-state index in [-0.39, 0.29) is 12.5 Å². The molecule has 1 aliphatic rings. The zero-order chi connectivity index (χ0) is 19.1. The number of ether oxygens (including phenoxy) is 1. The maximum atomic E-state index is 12.6.